The Balaban J connectivity index is 1.46. The van der Waals surface area contributed by atoms with Gasteiger partial charge in [-0.25, -0.2) is 4.79 Å². The van der Waals surface area contributed by atoms with Gasteiger partial charge in [0, 0.05) is 36.9 Å². The standard InChI is InChI=1S/C17H21N3O2/c1-13-14(8-10-22-13)11-18-17(21)19-15-7-9-20(12-15)16-5-3-2-4-6-16/h2-6,8,10,15H,7,9,11-12H2,1H3,(H2,18,19,21). The minimum Gasteiger partial charge on any atom is -0.469 e. The maximum Gasteiger partial charge on any atom is 0.315 e. The minimum atomic E-state index is -0.125. The van der Waals surface area contributed by atoms with Crippen molar-refractivity contribution in [1.82, 2.24) is 10.6 Å². The first-order chi connectivity index (χ1) is 10.7. The van der Waals surface area contributed by atoms with Gasteiger partial charge in [-0.2, -0.15) is 0 Å². The Labute approximate surface area is 130 Å². The highest BCUT2D eigenvalue weighted by atomic mass is 16.3. The molecule has 2 N–H and O–H groups in total. The summed E-state index contributed by atoms with van der Waals surface area (Å²) in [7, 11) is 0. The van der Waals surface area contributed by atoms with E-state index in [1.807, 2.05) is 31.2 Å². The van der Waals surface area contributed by atoms with Crippen molar-refractivity contribution in [2.75, 3.05) is 18.0 Å². The molecule has 1 atom stereocenters. The van der Waals surface area contributed by atoms with Crippen molar-refractivity contribution >= 4 is 11.7 Å². The van der Waals surface area contributed by atoms with Gasteiger partial charge in [-0.15, -0.1) is 0 Å². The first-order valence-corrected chi connectivity index (χ1v) is 7.59. The quantitative estimate of drug-likeness (QED) is 0.912. The van der Waals surface area contributed by atoms with Crippen molar-refractivity contribution in [1.29, 1.82) is 0 Å². The van der Waals surface area contributed by atoms with Crippen LogP contribution in [0.3, 0.4) is 0 Å². The third kappa shape index (κ3) is 3.42. The molecule has 1 saturated heterocycles. The van der Waals surface area contributed by atoms with Gasteiger partial charge < -0.3 is 20.0 Å². The molecule has 2 heterocycles. The fourth-order valence-corrected chi connectivity index (χ4v) is 2.76. The molecule has 1 aliphatic heterocycles. The Kier molecular flexibility index (Phi) is 4.32. The average molecular weight is 299 g/mol. The van der Waals surface area contributed by atoms with E-state index in [1.165, 1.54) is 5.69 Å². The number of benzene rings is 1. The van der Waals surface area contributed by atoms with Gasteiger partial charge in [0.15, 0.2) is 0 Å². The zero-order chi connectivity index (χ0) is 15.4. The van der Waals surface area contributed by atoms with E-state index in [0.29, 0.717) is 6.54 Å². The zero-order valence-corrected chi connectivity index (χ0v) is 12.7. The summed E-state index contributed by atoms with van der Waals surface area (Å²) in [5, 5.41) is 5.92. The van der Waals surface area contributed by atoms with Crippen molar-refractivity contribution in [3.8, 4) is 0 Å². The summed E-state index contributed by atoms with van der Waals surface area (Å²) >= 11 is 0. The van der Waals surface area contributed by atoms with Crippen LogP contribution in [0.4, 0.5) is 10.5 Å². The number of carbonyl (C=O) groups is 1. The largest absolute Gasteiger partial charge is 0.469 e. The van der Waals surface area contributed by atoms with Crippen LogP contribution in [-0.4, -0.2) is 25.2 Å². The number of hydrogen-bond donors (Lipinski definition) is 2. The van der Waals surface area contributed by atoms with Gasteiger partial charge in [-0.1, -0.05) is 18.2 Å². The van der Waals surface area contributed by atoms with E-state index in [1.54, 1.807) is 6.26 Å². The summed E-state index contributed by atoms with van der Waals surface area (Å²) < 4.78 is 5.21. The van der Waals surface area contributed by atoms with E-state index in [0.717, 1.165) is 30.8 Å². The predicted octanol–water partition coefficient (Wildman–Crippen LogP) is 2.67. The summed E-state index contributed by atoms with van der Waals surface area (Å²) in [4.78, 5) is 14.3. The maximum absolute atomic E-state index is 12.0. The second-order valence-corrected chi connectivity index (χ2v) is 5.60. The average Bonchev–Trinajstić information content (AvgIpc) is 3.15. The van der Waals surface area contributed by atoms with Crippen molar-refractivity contribution < 1.29 is 9.21 Å². The maximum atomic E-state index is 12.0. The monoisotopic (exact) mass is 299 g/mol. The van der Waals surface area contributed by atoms with Crippen LogP contribution >= 0.6 is 0 Å². The number of rotatable bonds is 4. The van der Waals surface area contributed by atoms with Crippen molar-refractivity contribution in [3.63, 3.8) is 0 Å². The smallest absolute Gasteiger partial charge is 0.315 e. The molecular weight excluding hydrogens is 278 g/mol. The lowest BCUT2D eigenvalue weighted by molar-refractivity contribution is 0.237. The van der Waals surface area contributed by atoms with Gasteiger partial charge in [0.25, 0.3) is 0 Å². The minimum absolute atomic E-state index is 0.125. The summed E-state index contributed by atoms with van der Waals surface area (Å²) in [5.74, 6) is 0.844. The molecule has 0 aliphatic carbocycles. The number of nitrogens with one attached hydrogen (secondary N) is 2. The van der Waals surface area contributed by atoms with Gasteiger partial charge in [0.2, 0.25) is 0 Å². The van der Waals surface area contributed by atoms with Crippen LogP contribution < -0.4 is 15.5 Å². The molecule has 5 nitrogen and oxygen atoms in total. The van der Waals surface area contributed by atoms with Crippen LogP contribution in [0.25, 0.3) is 0 Å². The van der Waals surface area contributed by atoms with E-state index in [2.05, 4.69) is 27.7 Å². The predicted molar refractivity (Wildman–Crippen MR) is 85.9 cm³/mol. The first-order valence-electron chi connectivity index (χ1n) is 7.59. The van der Waals surface area contributed by atoms with E-state index in [-0.39, 0.29) is 12.1 Å². The van der Waals surface area contributed by atoms with Crippen molar-refractivity contribution in [2.24, 2.45) is 0 Å². The first kappa shape index (κ1) is 14.5. The topological polar surface area (TPSA) is 57.5 Å². The number of furan rings is 1. The van der Waals surface area contributed by atoms with E-state index < -0.39 is 0 Å². The Morgan fingerprint density at radius 2 is 2.14 bits per heavy atom. The summed E-state index contributed by atoms with van der Waals surface area (Å²) in [6.45, 7) is 4.20. The third-order valence-corrected chi connectivity index (χ3v) is 4.05. The Morgan fingerprint density at radius 3 is 2.86 bits per heavy atom. The number of amides is 2. The molecule has 2 aromatic rings. The lowest BCUT2D eigenvalue weighted by Crippen LogP contribution is -2.43. The number of urea groups is 1. The Bertz CT molecular complexity index is 624. The van der Waals surface area contributed by atoms with Gasteiger partial charge in [0.05, 0.1) is 6.26 Å². The Morgan fingerprint density at radius 1 is 1.32 bits per heavy atom. The second kappa shape index (κ2) is 6.56. The van der Waals surface area contributed by atoms with Crippen LogP contribution in [0.1, 0.15) is 17.7 Å². The lowest BCUT2D eigenvalue weighted by atomic mass is 10.2. The highest BCUT2D eigenvalue weighted by Crippen LogP contribution is 2.19. The van der Waals surface area contributed by atoms with Crippen LogP contribution in [-0.2, 0) is 6.54 Å². The number of hydrogen-bond acceptors (Lipinski definition) is 3. The molecule has 1 aliphatic rings. The Hall–Kier alpha value is -2.43. The highest BCUT2D eigenvalue weighted by molar-refractivity contribution is 5.74. The number of aryl methyl sites for hydroxylation is 1. The number of carbonyl (C=O) groups excluding carboxylic acids is 1. The van der Waals surface area contributed by atoms with Gasteiger partial charge >= 0.3 is 6.03 Å². The fraction of sp³-hybridized carbons (Fsp3) is 0.353. The summed E-state index contributed by atoms with van der Waals surface area (Å²) in [6, 6.07) is 12.2. The lowest BCUT2D eigenvalue weighted by Gasteiger charge is -2.19. The number of para-hydroxylation sites is 1. The molecular formula is C17H21N3O2. The molecule has 2 amide bonds. The van der Waals surface area contributed by atoms with Gasteiger partial charge in [0.1, 0.15) is 5.76 Å². The molecule has 0 radical (unpaired) electrons. The van der Waals surface area contributed by atoms with Crippen molar-refractivity contribution in [2.45, 2.75) is 25.9 Å². The molecule has 116 valence electrons. The number of anilines is 1. The van der Waals surface area contributed by atoms with Gasteiger partial charge in [-0.3, -0.25) is 0 Å². The fourth-order valence-electron chi connectivity index (χ4n) is 2.76. The summed E-state index contributed by atoms with van der Waals surface area (Å²) in [5.41, 5.74) is 2.22. The normalized spacial score (nSPS) is 17.5. The molecule has 22 heavy (non-hydrogen) atoms. The molecule has 5 heteroatoms. The SMILES string of the molecule is Cc1occc1CNC(=O)NC1CCN(c2ccccc2)C1. The third-order valence-electron chi connectivity index (χ3n) is 4.05. The molecule has 1 aromatic carbocycles. The summed E-state index contributed by atoms with van der Waals surface area (Å²) in [6.07, 6.45) is 2.60. The van der Waals surface area contributed by atoms with Crippen LogP contribution in [0.5, 0.6) is 0 Å². The zero-order valence-electron chi connectivity index (χ0n) is 12.7. The van der Waals surface area contributed by atoms with Crippen LogP contribution in [0.15, 0.2) is 47.1 Å². The van der Waals surface area contributed by atoms with E-state index in [9.17, 15) is 4.79 Å². The van der Waals surface area contributed by atoms with Crippen molar-refractivity contribution in [3.05, 3.63) is 54.0 Å². The molecule has 0 saturated carbocycles. The van der Waals surface area contributed by atoms with Crippen LogP contribution in [0, 0.1) is 6.92 Å². The molecule has 0 spiro atoms. The molecule has 3 rings (SSSR count). The van der Waals surface area contributed by atoms with Crippen LogP contribution in [0.2, 0.25) is 0 Å². The molecule has 1 aromatic heterocycles. The van der Waals surface area contributed by atoms with E-state index >= 15 is 0 Å². The second-order valence-electron chi connectivity index (χ2n) is 5.60. The number of nitrogens with zero attached hydrogens (tertiary/aromatic N) is 1. The van der Waals surface area contributed by atoms with E-state index in [4.69, 9.17) is 4.42 Å². The molecule has 1 unspecified atom stereocenters. The molecule has 1 fully saturated rings. The highest BCUT2D eigenvalue weighted by Gasteiger charge is 2.23. The van der Waals surface area contributed by atoms with Gasteiger partial charge in [-0.05, 0) is 31.5 Å². The molecule has 0 bridgehead atoms.